The summed E-state index contributed by atoms with van der Waals surface area (Å²) in [5.74, 6) is 1.31. The summed E-state index contributed by atoms with van der Waals surface area (Å²) in [6.07, 6.45) is 3.77. The highest BCUT2D eigenvalue weighted by atomic mass is 32.2. The Labute approximate surface area is 228 Å². The van der Waals surface area contributed by atoms with E-state index in [-0.39, 0.29) is 17.2 Å². The number of rotatable bonds is 6. The highest BCUT2D eigenvalue weighted by Crippen LogP contribution is 2.29. The fraction of sp³-hybridized carbons (Fsp3) is 0.267. The van der Waals surface area contributed by atoms with Gasteiger partial charge in [0, 0.05) is 44.7 Å². The second-order valence-electron chi connectivity index (χ2n) is 10.6. The molecule has 0 radical (unpaired) electrons. The second-order valence-corrected chi connectivity index (χ2v) is 11.7. The summed E-state index contributed by atoms with van der Waals surface area (Å²) in [5, 5.41) is 11.5. The first-order valence-electron chi connectivity index (χ1n) is 12.6. The van der Waals surface area contributed by atoms with Crippen molar-refractivity contribution < 1.29 is 4.79 Å². The van der Waals surface area contributed by atoms with Crippen molar-refractivity contribution in [3.63, 3.8) is 0 Å². The maximum Gasteiger partial charge on any atom is 0.256 e. The first kappa shape index (κ1) is 27.1. The van der Waals surface area contributed by atoms with E-state index in [1.807, 2.05) is 92.9 Å². The molecule has 0 saturated heterocycles. The molecule has 0 saturated carbocycles. The quantitative estimate of drug-likeness (QED) is 0.216. The summed E-state index contributed by atoms with van der Waals surface area (Å²) in [7, 11) is 0. The summed E-state index contributed by atoms with van der Waals surface area (Å²) >= 11 is 1.58. The third-order valence-electron chi connectivity index (χ3n) is 5.93. The molecular formula is C30H34N6OS. The Bertz CT molecular complexity index is 1510. The van der Waals surface area contributed by atoms with Crippen LogP contribution in [-0.2, 0) is 0 Å². The van der Waals surface area contributed by atoms with Gasteiger partial charge in [-0.05, 0) is 49.4 Å². The number of hydrogen-bond acceptors (Lipinski definition) is 6. The van der Waals surface area contributed by atoms with E-state index >= 15 is 0 Å². The fourth-order valence-electron chi connectivity index (χ4n) is 3.59. The normalized spacial score (nSPS) is 12.8. The van der Waals surface area contributed by atoms with Gasteiger partial charge in [0.05, 0.1) is 5.69 Å². The largest absolute Gasteiger partial charge is 0.401 e. The van der Waals surface area contributed by atoms with Gasteiger partial charge in [-0.15, -0.1) is 10.2 Å². The summed E-state index contributed by atoms with van der Waals surface area (Å²) in [5.41, 5.74) is 9.90. The Morgan fingerprint density at radius 1 is 1.05 bits per heavy atom. The molecule has 196 valence electrons. The van der Waals surface area contributed by atoms with Crippen LogP contribution in [0, 0.1) is 12.3 Å². The van der Waals surface area contributed by atoms with Gasteiger partial charge in [0.2, 0.25) is 0 Å². The minimum atomic E-state index is -0.267. The van der Waals surface area contributed by atoms with Gasteiger partial charge in [-0.3, -0.25) is 9.20 Å². The summed E-state index contributed by atoms with van der Waals surface area (Å²) < 4.78 is 2.02. The number of carbonyl (C=O) groups is 1. The first-order valence-corrected chi connectivity index (χ1v) is 13.4. The van der Waals surface area contributed by atoms with E-state index in [2.05, 4.69) is 34.4 Å². The number of allylic oxidation sites excluding steroid dienone is 1. The lowest BCUT2D eigenvalue weighted by Gasteiger charge is -2.19. The van der Waals surface area contributed by atoms with E-state index in [1.54, 1.807) is 23.9 Å². The molecule has 0 bridgehead atoms. The number of carbonyl (C=O) groups excluding carboxylic acids is 1. The predicted octanol–water partition coefficient (Wildman–Crippen LogP) is 6.66. The summed E-state index contributed by atoms with van der Waals surface area (Å²) in [4.78, 5) is 19.9. The molecule has 2 heterocycles. The van der Waals surface area contributed by atoms with E-state index in [0.29, 0.717) is 17.1 Å². The molecule has 7 nitrogen and oxygen atoms in total. The number of pyridine rings is 1. The highest BCUT2D eigenvalue weighted by molar-refractivity contribution is 7.99. The van der Waals surface area contributed by atoms with Crippen molar-refractivity contribution >= 4 is 34.8 Å². The van der Waals surface area contributed by atoms with Gasteiger partial charge in [-0.2, -0.15) is 0 Å². The van der Waals surface area contributed by atoms with E-state index in [1.165, 1.54) is 0 Å². The molecule has 0 aliphatic heterocycles. The lowest BCUT2D eigenvalue weighted by atomic mass is 9.92. The zero-order valence-corrected chi connectivity index (χ0v) is 23.5. The molecule has 0 spiro atoms. The van der Waals surface area contributed by atoms with Gasteiger partial charge in [0.1, 0.15) is 11.7 Å². The van der Waals surface area contributed by atoms with Crippen LogP contribution in [-0.4, -0.2) is 26.3 Å². The number of amidine groups is 1. The number of benzene rings is 2. The van der Waals surface area contributed by atoms with Gasteiger partial charge in [-0.1, -0.05) is 70.1 Å². The topological polar surface area (TPSA) is 97.7 Å². The van der Waals surface area contributed by atoms with E-state index in [4.69, 9.17) is 5.73 Å². The summed E-state index contributed by atoms with van der Waals surface area (Å²) in [6.45, 7) is 12.3. The molecule has 2 aromatic heterocycles. The minimum absolute atomic E-state index is 0.257. The van der Waals surface area contributed by atoms with E-state index in [0.717, 1.165) is 32.5 Å². The molecule has 8 heteroatoms. The molecular weight excluding hydrogens is 492 g/mol. The van der Waals surface area contributed by atoms with Gasteiger partial charge >= 0.3 is 0 Å². The Hall–Kier alpha value is -3.91. The van der Waals surface area contributed by atoms with Crippen LogP contribution in [0.4, 0.5) is 5.69 Å². The molecule has 3 N–H and O–H groups in total. The highest BCUT2D eigenvalue weighted by Gasteiger charge is 2.16. The average Bonchev–Trinajstić information content (AvgIpc) is 3.28. The molecule has 38 heavy (non-hydrogen) atoms. The molecule has 2 aromatic carbocycles. The van der Waals surface area contributed by atoms with E-state index in [9.17, 15) is 4.79 Å². The van der Waals surface area contributed by atoms with Crippen LogP contribution in [0.3, 0.4) is 0 Å². The Kier molecular flexibility index (Phi) is 8.02. The van der Waals surface area contributed by atoms with Crippen molar-refractivity contribution in [1.29, 1.82) is 0 Å². The monoisotopic (exact) mass is 526 g/mol. The van der Waals surface area contributed by atoms with Crippen molar-refractivity contribution in [2.24, 2.45) is 16.1 Å². The number of aliphatic imine (C=N–C) groups is 1. The number of aromatic nitrogens is 3. The Morgan fingerprint density at radius 3 is 2.47 bits per heavy atom. The number of hydrogen-bond donors (Lipinski definition) is 2. The average molecular weight is 527 g/mol. The number of nitrogens with zero attached hydrogens (tertiary/aromatic N) is 4. The van der Waals surface area contributed by atoms with Crippen LogP contribution in [0.15, 0.2) is 93.4 Å². The smallest absolute Gasteiger partial charge is 0.256 e. The molecule has 4 rings (SSSR count). The second kappa shape index (κ2) is 11.2. The standard InChI is InChI=1S/C30H34N6OS/c1-19(2)28-35-34-27-15-14-24(18-36(27)28)38-23-9-7-8-21(16-23)29(37)33-26(17-25(31)30(4,5)6)32-22-12-10-20(3)11-13-22/h7-19H,31H2,1-6H3,(H,32,33,37). The third kappa shape index (κ3) is 6.69. The van der Waals surface area contributed by atoms with Gasteiger partial charge in [-0.25, -0.2) is 4.99 Å². The minimum Gasteiger partial charge on any atom is -0.401 e. The molecule has 0 aliphatic rings. The van der Waals surface area contributed by atoms with E-state index < -0.39 is 0 Å². The van der Waals surface area contributed by atoms with Crippen molar-refractivity contribution in [3.8, 4) is 0 Å². The zero-order chi connectivity index (χ0) is 27.4. The number of fused-ring (bicyclic) bond motifs is 1. The number of nitrogens with two attached hydrogens (primary N) is 1. The van der Waals surface area contributed by atoms with Crippen LogP contribution in [0.1, 0.15) is 62.3 Å². The van der Waals surface area contributed by atoms with Crippen LogP contribution < -0.4 is 11.1 Å². The zero-order valence-electron chi connectivity index (χ0n) is 22.7. The van der Waals surface area contributed by atoms with Crippen LogP contribution in [0.5, 0.6) is 0 Å². The van der Waals surface area contributed by atoms with Crippen molar-refractivity contribution in [3.05, 3.63) is 95.6 Å². The summed E-state index contributed by atoms with van der Waals surface area (Å²) in [6, 6.07) is 19.3. The maximum atomic E-state index is 13.3. The predicted molar refractivity (Wildman–Crippen MR) is 155 cm³/mol. The van der Waals surface area contributed by atoms with Gasteiger partial charge < -0.3 is 11.1 Å². The van der Waals surface area contributed by atoms with Crippen molar-refractivity contribution in [2.45, 2.75) is 57.3 Å². The van der Waals surface area contributed by atoms with Gasteiger partial charge in [0.15, 0.2) is 5.65 Å². The SMILES string of the molecule is Cc1ccc(N=C(C=C(N)C(C)(C)C)NC(=O)c2cccc(Sc3ccc4nnc(C(C)C)n4c3)c2)cc1. The fourth-order valence-corrected chi connectivity index (χ4v) is 4.49. The molecule has 4 aromatic rings. The van der Waals surface area contributed by atoms with Gasteiger partial charge in [0.25, 0.3) is 5.91 Å². The molecule has 1 amide bonds. The Balaban J connectivity index is 1.58. The van der Waals surface area contributed by atoms with Crippen LogP contribution >= 0.6 is 11.8 Å². The Morgan fingerprint density at radius 2 is 1.79 bits per heavy atom. The lowest BCUT2D eigenvalue weighted by molar-refractivity contribution is 0.0977. The van der Waals surface area contributed by atoms with Crippen LogP contribution in [0.2, 0.25) is 0 Å². The van der Waals surface area contributed by atoms with Crippen molar-refractivity contribution in [2.75, 3.05) is 0 Å². The third-order valence-corrected chi connectivity index (χ3v) is 6.90. The van der Waals surface area contributed by atoms with Crippen LogP contribution in [0.25, 0.3) is 5.65 Å². The van der Waals surface area contributed by atoms with Crippen molar-refractivity contribution in [1.82, 2.24) is 19.9 Å². The number of amides is 1. The maximum absolute atomic E-state index is 13.3. The lowest BCUT2D eigenvalue weighted by Crippen LogP contribution is -2.31. The molecule has 0 aliphatic carbocycles. The first-order chi connectivity index (χ1) is 18.0. The molecule has 0 atom stereocenters. The number of nitrogens with one attached hydrogen (secondary N) is 1. The molecule has 0 fully saturated rings. The number of aryl methyl sites for hydroxylation is 1. The molecule has 0 unspecified atom stereocenters.